The molecule has 0 saturated carbocycles. The third-order valence-corrected chi connectivity index (χ3v) is 4.69. The van der Waals surface area contributed by atoms with Crippen molar-refractivity contribution in [2.45, 2.75) is 31.3 Å². The maximum absolute atomic E-state index is 12.2. The summed E-state index contributed by atoms with van der Waals surface area (Å²) in [4.78, 5) is 12.4. The minimum absolute atomic E-state index is 0.0476. The Bertz CT molecular complexity index is 832. The quantitative estimate of drug-likeness (QED) is 0.650. The third-order valence-electron chi connectivity index (χ3n) is 4.04. The van der Waals surface area contributed by atoms with E-state index < -0.39 is 23.1 Å². The molecule has 2 atom stereocenters. The van der Waals surface area contributed by atoms with Crippen LogP contribution in [0.3, 0.4) is 0 Å². The minimum atomic E-state index is -2.14. The first kappa shape index (κ1) is 20.0. The lowest BCUT2D eigenvalue weighted by Crippen LogP contribution is -2.28. The number of aliphatic hydroxyl groups is 1. The van der Waals surface area contributed by atoms with Crippen molar-refractivity contribution in [3.63, 3.8) is 0 Å². The van der Waals surface area contributed by atoms with Gasteiger partial charge in [0.25, 0.3) is 5.91 Å². The Morgan fingerprint density at radius 3 is 2.69 bits per heavy atom. The minimum Gasteiger partial charge on any atom is -0.387 e. The van der Waals surface area contributed by atoms with Crippen molar-refractivity contribution in [1.82, 2.24) is 5.32 Å². The lowest BCUT2D eigenvalue weighted by Gasteiger charge is -2.15. The molecule has 0 aliphatic heterocycles. The molecule has 0 aliphatic rings. The number of allylic oxidation sites excluding steroid dienone is 1. The summed E-state index contributed by atoms with van der Waals surface area (Å²) in [6.45, 7) is 4.06. The number of aryl methyl sites for hydroxylation is 1. The van der Waals surface area contributed by atoms with E-state index in [9.17, 15) is 14.1 Å². The first-order valence-electron chi connectivity index (χ1n) is 8.39. The van der Waals surface area contributed by atoms with Crippen molar-refractivity contribution in [2.24, 2.45) is 0 Å². The van der Waals surface area contributed by atoms with Crippen LogP contribution < -0.4 is 5.32 Å². The summed E-state index contributed by atoms with van der Waals surface area (Å²) in [6.07, 6.45) is 4.00. The molecule has 138 valence electrons. The molecule has 0 fully saturated rings. The number of benzene rings is 2. The number of rotatable bonds is 7. The molecule has 2 rings (SSSR count). The van der Waals surface area contributed by atoms with E-state index in [2.05, 4.69) is 12.2 Å². The van der Waals surface area contributed by atoms with Gasteiger partial charge in [-0.1, -0.05) is 37.3 Å². The predicted octanol–water partition coefficient (Wildman–Crippen LogP) is 3.33. The maximum Gasteiger partial charge on any atom is 0.251 e. The van der Waals surface area contributed by atoms with Gasteiger partial charge < -0.3 is 15.0 Å². The smallest absolute Gasteiger partial charge is 0.251 e. The van der Waals surface area contributed by atoms with E-state index in [0.717, 1.165) is 17.5 Å². The lowest BCUT2D eigenvalue weighted by molar-refractivity contribution is 0.0916. The Kier molecular flexibility index (Phi) is 7.26. The highest BCUT2D eigenvalue weighted by atomic mass is 32.2. The van der Waals surface area contributed by atoms with Gasteiger partial charge in [0.1, 0.15) is 0 Å². The van der Waals surface area contributed by atoms with E-state index in [1.54, 1.807) is 12.1 Å². The summed E-state index contributed by atoms with van der Waals surface area (Å²) >= 11 is -2.14. The molecule has 2 aromatic rings. The summed E-state index contributed by atoms with van der Waals surface area (Å²) < 4.78 is 20.2. The van der Waals surface area contributed by atoms with Crippen LogP contribution in [0.5, 0.6) is 0 Å². The first-order chi connectivity index (χ1) is 12.5. The summed E-state index contributed by atoms with van der Waals surface area (Å²) in [5.41, 5.74) is 3.24. The van der Waals surface area contributed by atoms with E-state index in [1.165, 1.54) is 17.7 Å². The van der Waals surface area contributed by atoms with Crippen LogP contribution in [-0.2, 0) is 17.5 Å². The Balaban J connectivity index is 2.07. The normalized spacial score (nSPS) is 13.5. The molecule has 0 bridgehead atoms. The molecule has 0 saturated heterocycles. The SMILES string of the molecule is C/C=C\c1cc(C(O)CNC(=O)c2cccc(S(=O)O)c2)ccc1CC. The predicted molar refractivity (Wildman–Crippen MR) is 103 cm³/mol. The Hall–Kier alpha value is -2.28. The van der Waals surface area contributed by atoms with Gasteiger partial charge >= 0.3 is 0 Å². The van der Waals surface area contributed by atoms with Crippen LogP contribution in [0.15, 0.2) is 53.4 Å². The van der Waals surface area contributed by atoms with Gasteiger partial charge in [0.2, 0.25) is 0 Å². The van der Waals surface area contributed by atoms with Crippen LogP contribution in [0.2, 0.25) is 0 Å². The number of amides is 1. The molecule has 3 N–H and O–H groups in total. The Morgan fingerprint density at radius 2 is 2.04 bits per heavy atom. The molecule has 0 heterocycles. The fourth-order valence-electron chi connectivity index (χ4n) is 2.63. The Labute approximate surface area is 156 Å². The summed E-state index contributed by atoms with van der Waals surface area (Å²) in [6, 6.07) is 11.7. The maximum atomic E-state index is 12.2. The number of aliphatic hydroxyl groups excluding tert-OH is 1. The molecule has 5 nitrogen and oxygen atoms in total. The first-order valence-corrected chi connectivity index (χ1v) is 9.49. The highest BCUT2D eigenvalue weighted by molar-refractivity contribution is 7.79. The number of hydrogen-bond donors (Lipinski definition) is 3. The molecule has 1 amide bonds. The van der Waals surface area contributed by atoms with E-state index >= 15 is 0 Å². The van der Waals surface area contributed by atoms with Gasteiger partial charge in [0.15, 0.2) is 11.1 Å². The van der Waals surface area contributed by atoms with Crippen molar-refractivity contribution in [2.75, 3.05) is 6.54 Å². The molecule has 26 heavy (non-hydrogen) atoms. The lowest BCUT2D eigenvalue weighted by atomic mass is 9.99. The Morgan fingerprint density at radius 1 is 1.27 bits per heavy atom. The zero-order valence-electron chi connectivity index (χ0n) is 14.8. The number of nitrogens with one attached hydrogen (secondary N) is 1. The van der Waals surface area contributed by atoms with Crippen molar-refractivity contribution < 1.29 is 18.7 Å². The van der Waals surface area contributed by atoms with Crippen molar-refractivity contribution in [3.8, 4) is 0 Å². The van der Waals surface area contributed by atoms with Crippen LogP contribution in [0, 0.1) is 0 Å². The average Bonchev–Trinajstić information content (AvgIpc) is 2.66. The fourth-order valence-corrected chi connectivity index (χ4v) is 3.06. The molecule has 0 radical (unpaired) electrons. The molecular weight excluding hydrogens is 350 g/mol. The second-order valence-corrected chi connectivity index (χ2v) is 6.78. The standard InChI is InChI=1S/C20H23NO4S/c1-3-6-15-11-16(10-9-14(15)4-2)19(22)13-21-20(23)17-7-5-8-18(12-17)26(24)25/h3,5-12,19,22H,4,13H2,1-2H3,(H,21,23)(H,24,25)/b6-3-. The van der Waals surface area contributed by atoms with Gasteiger partial charge in [-0.25, -0.2) is 4.21 Å². The van der Waals surface area contributed by atoms with Gasteiger partial charge in [-0.3, -0.25) is 4.79 Å². The summed E-state index contributed by atoms with van der Waals surface area (Å²) in [5.74, 6) is -0.407. The molecular formula is C20H23NO4S. The van der Waals surface area contributed by atoms with Crippen molar-refractivity contribution in [1.29, 1.82) is 0 Å². The van der Waals surface area contributed by atoms with Gasteiger partial charge in [0, 0.05) is 12.1 Å². The van der Waals surface area contributed by atoms with Gasteiger partial charge in [-0.2, -0.15) is 0 Å². The summed E-state index contributed by atoms with van der Waals surface area (Å²) in [5, 5.41) is 13.0. The highest BCUT2D eigenvalue weighted by Gasteiger charge is 2.13. The van der Waals surface area contributed by atoms with Gasteiger partial charge in [0.05, 0.1) is 11.0 Å². The average molecular weight is 373 g/mol. The van der Waals surface area contributed by atoms with E-state index in [0.29, 0.717) is 0 Å². The topological polar surface area (TPSA) is 86.6 Å². The monoisotopic (exact) mass is 373 g/mol. The number of carbonyl (C=O) groups is 1. The second-order valence-electron chi connectivity index (χ2n) is 5.81. The van der Waals surface area contributed by atoms with Gasteiger partial charge in [-0.05, 0) is 54.3 Å². The van der Waals surface area contributed by atoms with Crippen LogP contribution in [-0.4, -0.2) is 26.3 Å². The van der Waals surface area contributed by atoms with Crippen LogP contribution >= 0.6 is 0 Å². The van der Waals surface area contributed by atoms with Crippen LogP contribution in [0.25, 0.3) is 6.08 Å². The largest absolute Gasteiger partial charge is 0.387 e. The van der Waals surface area contributed by atoms with Gasteiger partial charge in [-0.15, -0.1) is 0 Å². The molecule has 0 aromatic heterocycles. The zero-order valence-corrected chi connectivity index (χ0v) is 15.6. The summed E-state index contributed by atoms with van der Waals surface area (Å²) in [7, 11) is 0. The second kappa shape index (κ2) is 9.43. The van der Waals surface area contributed by atoms with E-state index in [4.69, 9.17) is 4.55 Å². The molecule has 0 spiro atoms. The van der Waals surface area contributed by atoms with Crippen molar-refractivity contribution in [3.05, 3.63) is 70.8 Å². The van der Waals surface area contributed by atoms with Crippen molar-refractivity contribution >= 4 is 23.1 Å². The molecule has 6 heteroatoms. The number of hydrogen-bond acceptors (Lipinski definition) is 3. The fraction of sp³-hybridized carbons (Fsp3) is 0.250. The molecule has 2 aromatic carbocycles. The molecule has 2 unspecified atom stereocenters. The van der Waals surface area contributed by atoms with E-state index in [-0.39, 0.29) is 17.0 Å². The van der Waals surface area contributed by atoms with Crippen LogP contribution in [0.4, 0.5) is 0 Å². The van der Waals surface area contributed by atoms with Crippen LogP contribution in [0.1, 0.15) is 47.0 Å². The highest BCUT2D eigenvalue weighted by Crippen LogP contribution is 2.20. The molecule has 0 aliphatic carbocycles. The third kappa shape index (κ3) is 5.11. The van der Waals surface area contributed by atoms with E-state index in [1.807, 2.05) is 37.3 Å². The number of carbonyl (C=O) groups excluding carboxylic acids is 1. The zero-order chi connectivity index (χ0) is 19.1.